The van der Waals surface area contributed by atoms with Gasteiger partial charge in [0, 0.05) is 24.7 Å². The first-order chi connectivity index (χ1) is 7.29. The number of alkyl halides is 1. The topological polar surface area (TPSA) is 3.24 Å². The van der Waals surface area contributed by atoms with Gasteiger partial charge in [0.05, 0.1) is 0 Å². The molecular formula is C13H20ClN. The van der Waals surface area contributed by atoms with Crippen molar-refractivity contribution in [2.24, 2.45) is 0 Å². The maximum atomic E-state index is 5.69. The van der Waals surface area contributed by atoms with E-state index >= 15 is 0 Å². The van der Waals surface area contributed by atoms with Crippen molar-refractivity contribution in [3.63, 3.8) is 0 Å². The number of rotatable bonds is 6. The molecule has 1 rings (SSSR count). The Bertz CT molecular complexity index is 286. The Labute approximate surface area is 98.0 Å². The molecule has 84 valence electrons. The molecule has 1 aromatic rings. The zero-order chi connectivity index (χ0) is 11.1. The second-order valence-electron chi connectivity index (χ2n) is 3.76. The highest BCUT2D eigenvalue weighted by Gasteiger charge is 2.05. The van der Waals surface area contributed by atoms with Gasteiger partial charge >= 0.3 is 0 Å². The zero-order valence-corrected chi connectivity index (χ0v) is 10.4. The van der Waals surface area contributed by atoms with Gasteiger partial charge in [0.15, 0.2) is 0 Å². The minimum atomic E-state index is 0.769. The molecule has 0 aliphatic heterocycles. The average molecular weight is 226 g/mol. The van der Waals surface area contributed by atoms with Crippen molar-refractivity contribution in [1.82, 2.24) is 0 Å². The Morgan fingerprint density at radius 3 is 2.53 bits per heavy atom. The monoisotopic (exact) mass is 225 g/mol. The molecule has 1 nitrogen and oxygen atoms in total. The summed E-state index contributed by atoms with van der Waals surface area (Å²) in [6, 6.07) is 8.55. The summed E-state index contributed by atoms with van der Waals surface area (Å²) in [5, 5.41) is 0. The van der Waals surface area contributed by atoms with Gasteiger partial charge in [-0.15, -0.1) is 11.6 Å². The average Bonchev–Trinajstić information content (AvgIpc) is 2.26. The number of hydrogen-bond donors (Lipinski definition) is 0. The number of benzene rings is 1. The molecule has 0 bridgehead atoms. The van der Waals surface area contributed by atoms with Crippen LogP contribution in [0.3, 0.4) is 0 Å². The normalized spacial score (nSPS) is 10.3. The summed E-state index contributed by atoms with van der Waals surface area (Å²) in [7, 11) is 0. The van der Waals surface area contributed by atoms with Crippen molar-refractivity contribution in [3.05, 3.63) is 29.8 Å². The fraction of sp³-hybridized carbons (Fsp3) is 0.538. The van der Waals surface area contributed by atoms with Crippen molar-refractivity contribution in [1.29, 1.82) is 0 Å². The van der Waals surface area contributed by atoms with E-state index in [4.69, 9.17) is 11.6 Å². The molecule has 0 aliphatic carbocycles. The lowest BCUT2D eigenvalue weighted by molar-refractivity contribution is 0.733. The molecular weight excluding hydrogens is 206 g/mol. The van der Waals surface area contributed by atoms with Crippen molar-refractivity contribution in [2.45, 2.75) is 26.7 Å². The van der Waals surface area contributed by atoms with Crippen LogP contribution in [0.4, 0.5) is 5.69 Å². The first kappa shape index (κ1) is 12.4. The predicted molar refractivity (Wildman–Crippen MR) is 69.0 cm³/mol. The Hall–Kier alpha value is -0.690. The minimum absolute atomic E-state index is 0.769. The second kappa shape index (κ2) is 6.73. The van der Waals surface area contributed by atoms with E-state index in [-0.39, 0.29) is 0 Å². The maximum absolute atomic E-state index is 5.69. The molecule has 0 amide bonds. The van der Waals surface area contributed by atoms with Gasteiger partial charge in [0.2, 0.25) is 0 Å². The van der Waals surface area contributed by atoms with Crippen molar-refractivity contribution < 1.29 is 0 Å². The Morgan fingerprint density at radius 2 is 1.93 bits per heavy atom. The van der Waals surface area contributed by atoms with Crippen LogP contribution in [-0.2, 0) is 0 Å². The van der Waals surface area contributed by atoms with Crippen LogP contribution >= 0.6 is 11.6 Å². The van der Waals surface area contributed by atoms with Crippen LogP contribution in [0.2, 0.25) is 0 Å². The van der Waals surface area contributed by atoms with E-state index in [0.29, 0.717) is 0 Å². The van der Waals surface area contributed by atoms with E-state index in [0.717, 1.165) is 25.4 Å². The van der Waals surface area contributed by atoms with E-state index in [1.54, 1.807) is 0 Å². The summed E-state index contributed by atoms with van der Waals surface area (Å²) in [5.41, 5.74) is 2.71. The highest BCUT2D eigenvalue weighted by atomic mass is 35.5. The van der Waals surface area contributed by atoms with Crippen LogP contribution in [0.25, 0.3) is 0 Å². The number of unbranched alkanes of at least 4 members (excludes halogenated alkanes) is 1. The SMILES string of the molecule is CCN(CCCCCl)c1ccccc1C. The smallest absolute Gasteiger partial charge is 0.0395 e. The van der Waals surface area contributed by atoms with Crippen LogP contribution < -0.4 is 4.90 Å². The third kappa shape index (κ3) is 3.75. The molecule has 0 N–H and O–H groups in total. The molecule has 0 saturated heterocycles. The number of halogens is 1. The van der Waals surface area contributed by atoms with Crippen molar-refractivity contribution in [3.8, 4) is 0 Å². The molecule has 1 aromatic carbocycles. The Morgan fingerprint density at radius 1 is 1.20 bits per heavy atom. The summed E-state index contributed by atoms with van der Waals surface area (Å²) >= 11 is 5.69. The van der Waals surface area contributed by atoms with Gasteiger partial charge in [-0.2, -0.15) is 0 Å². The molecule has 0 heterocycles. The maximum Gasteiger partial charge on any atom is 0.0395 e. The molecule has 0 aliphatic rings. The lowest BCUT2D eigenvalue weighted by Gasteiger charge is -2.24. The summed E-state index contributed by atoms with van der Waals surface area (Å²) in [4.78, 5) is 2.42. The van der Waals surface area contributed by atoms with E-state index in [9.17, 15) is 0 Å². The molecule has 0 atom stereocenters. The number of para-hydroxylation sites is 1. The van der Waals surface area contributed by atoms with Gasteiger partial charge in [-0.3, -0.25) is 0 Å². The fourth-order valence-corrected chi connectivity index (χ4v) is 1.95. The van der Waals surface area contributed by atoms with Gasteiger partial charge in [-0.1, -0.05) is 18.2 Å². The third-order valence-corrected chi connectivity index (χ3v) is 2.92. The first-order valence-corrected chi connectivity index (χ1v) is 6.19. The Kier molecular flexibility index (Phi) is 5.56. The lowest BCUT2D eigenvalue weighted by atomic mass is 10.1. The Balaban J connectivity index is 2.61. The molecule has 15 heavy (non-hydrogen) atoms. The van der Waals surface area contributed by atoms with E-state index in [1.165, 1.54) is 17.7 Å². The molecule has 0 unspecified atom stereocenters. The van der Waals surface area contributed by atoms with Gasteiger partial charge in [0.25, 0.3) is 0 Å². The van der Waals surface area contributed by atoms with Crippen molar-refractivity contribution in [2.75, 3.05) is 23.9 Å². The van der Waals surface area contributed by atoms with Gasteiger partial charge in [0.1, 0.15) is 0 Å². The first-order valence-electron chi connectivity index (χ1n) is 5.66. The summed E-state index contributed by atoms with van der Waals surface area (Å²) in [6.45, 7) is 6.54. The second-order valence-corrected chi connectivity index (χ2v) is 4.14. The molecule has 0 fully saturated rings. The van der Waals surface area contributed by atoms with Gasteiger partial charge in [-0.05, 0) is 38.3 Å². The number of nitrogens with zero attached hydrogens (tertiary/aromatic N) is 1. The summed E-state index contributed by atoms with van der Waals surface area (Å²) < 4.78 is 0. The third-order valence-electron chi connectivity index (χ3n) is 2.65. The van der Waals surface area contributed by atoms with Gasteiger partial charge < -0.3 is 4.90 Å². The summed E-state index contributed by atoms with van der Waals surface area (Å²) in [6.07, 6.45) is 2.27. The molecule has 0 aromatic heterocycles. The fourth-order valence-electron chi connectivity index (χ4n) is 1.76. The minimum Gasteiger partial charge on any atom is -0.372 e. The highest BCUT2D eigenvalue weighted by molar-refractivity contribution is 6.17. The highest BCUT2D eigenvalue weighted by Crippen LogP contribution is 2.19. The van der Waals surface area contributed by atoms with Crippen LogP contribution in [0.1, 0.15) is 25.3 Å². The van der Waals surface area contributed by atoms with Crippen LogP contribution in [0, 0.1) is 6.92 Å². The van der Waals surface area contributed by atoms with Crippen molar-refractivity contribution >= 4 is 17.3 Å². The lowest BCUT2D eigenvalue weighted by Crippen LogP contribution is -2.24. The standard InChI is InChI=1S/C13H20ClN/c1-3-15(11-7-6-10-14)13-9-5-4-8-12(13)2/h4-5,8-9H,3,6-7,10-11H2,1-2H3. The predicted octanol–water partition coefficient (Wildman–Crippen LogP) is 3.84. The molecule has 0 radical (unpaired) electrons. The largest absolute Gasteiger partial charge is 0.372 e. The van der Waals surface area contributed by atoms with E-state index < -0.39 is 0 Å². The quantitative estimate of drug-likeness (QED) is 0.525. The molecule has 0 saturated carbocycles. The van der Waals surface area contributed by atoms with E-state index in [1.807, 2.05) is 0 Å². The zero-order valence-electron chi connectivity index (χ0n) is 9.67. The van der Waals surface area contributed by atoms with Crippen LogP contribution in [0.5, 0.6) is 0 Å². The van der Waals surface area contributed by atoms with Gasteiger partial charge in [-0.25, -0.2) is 0 Å². The van der Waals surface area contributed by atoms with E-state index in [2.05, 4.69) is 43.0 Å². The number of aryl methyl sites for hydroxylation is 1. The molecule has 2 heteroatoms. The molecule has 0 spiro atoms. The van der Waals surface area contributed by atoms with Crippen LogP contribution in [-0.4, -0.2) is 19.0 Å². The summed E-state index contributed by atoms with van der Waals surface area (Å²) in [5.74, 6) is 0.769. The van der Waals surface area contributed by atoms with Crippen LogP contribution in [0.15, 0.2) is 24.3 Å². The number of hydrogen-bond acceptors (Lipinski definition) is 1. The number of anilines is 1.